The molecule has 1 aromatic carbocycles. The highest BCUT2D eigenvalue weighted by Crippen LogP contribution is 2.28. The maximum Gasteiger partial charge on any atom is 0.263 e. The maximum absolute atomic E-state index is 12.5. The first-order valence-electron chi connectivity index (χ1n) is 6.50. The molecule has 0 atom stereocenters. The number of aryl methyl sites for hydroxylation is 1. The Balaban J connectivity index is 2.32. The topological polar surface area (TPSA) is 75.3 Å². The monoisotopic (exact) mass is 402 g/mol. The molecule has 0 bridgehead atoms. The van der Waals surface area contributed by atoms with Gasteiger partial charge in [-0.2, -0.15) is 0 Å². The molecule has 1 heterocycles. The molecule has 0 fully saturated rings. The molecule has 2 aromatic rings. The van der Waals surface area contributed by atoms with Gasteiger partial charge in [-0.1, -0.05) is 22.0 Å². The lowest BCUT2D eigenvalue weighted by Gasteiger charge is -2.07. The molecule has 2 rings (SSSR count). The highest BCUT2D eigenvalue weighted by molar-refractivity contribution is 9.10. The van der Waals surface area contributed by atoms with Gasteiger partial charge in [-0.3, -0.25) is 9.52 Å². The summed E-state index contributed by atoms with van der Waals surface area (Å²) in [7, 11) is -3.73. The molecule has 118 valence electrons. The van der Waals surface area contributed by atoms with E-state index < -0.39 is 10.0 Å². The van der Waals surface area contributed by atoms with Crippen LogP contribution in [0.2, 0.25) is 0 Å². The Hall–Kier alpha value is -1.38. The third-order valence-electron chi connectivity index (χ3n) is 2.80. The van der Waals surface area contributed by atoms with Crippen LogP contribution in [0.15, 0.2) is 39.7 Å². The summed E-state index contributed by atoms with van der Waals surface area (Å²) >= 11 is 4.46. The van der Waals surface area contributed by atoms with Crippen LogP contribution in [0.25, 0.3) is 0 Å². The first-order chi connectivity index (χ1) is 10.3. The number of rotatable bonds is 5. The Kier molecular flexibility index (Phi) is 5.25. The molecule has 8 heteroatoms. The number of benzene rings is 1. The van der Waals surface area contributed by atoms with Gasteiger partial charge in [0.1, 0.15) is 4.90 Å². The van der Waals surface area contributed by atoms with E-state index in [2.05, 4.69) is 26.0 Å². The van der Waals surface area contributed by atoms with E-state index in [1.165, 1.54) is 6.07 Å². The summed E-state index contributed by atoms with van der Waals surface area (Å²) in [6, 6.07) is 8.29. The Morgan fingerprint density at radius 1 is 1.32 bits per heavy atom. The lowest BCUT2D eigenvalue weighted by molar-refractivity contribution is 0.0959. The molecule has 0 saturated carbocycles. The fraction of sp³-hybridized carbons (Fsp3) is 0.214. The molecule has 0 aliphatic heterocycles. The van der Waals surface area contributed by atoms with E-state index in [1.807, 2.05) is 6.92 Å². The number of halogens is 1. The summed E-state index contributed by atoms with van der Waals surface area (Å²) in [5, 5.41) is 2.66. The highest BCUT2D eigenvalue weighted by atomic mass is 79.9. The standard InChI is InChI=1S/C14H15BrN2O3S2/c1-3-16-14(18)12-8-13(9(2)21-12)22(19,20)17-11-6-4-5-10(15)7-11/h4-8,17H,3H2,1-2H3,(H,16,18). The number of thiophene rings is 1. The molecular formula is C14H15BrN2O3S2. The van der Waals surface area contributed by atoms with E-state index in [0.717, 1.165) is 15.8 Å². The normalized spacial score (nSPS) is 11.2. The molecule has 0 aliphatic rings. The van der Waals surface area contributed by atoms with Crippen LogP contribution in [-0.2, 0) is 10.0 Å². The summed E-state index contributed by atoms with van der Waals surface area (Å²) in [6.07, 6.45) is 0. The van der Waals surface area contributed by atoms with E-state index in [4.69, 9.17) is 0 Å². The molecule has 1 amide bonds. The molecule has 22 heavy (non-hydrogen) atoms. The zero-order valence-corrected chi connectivity index (χ0v) is 15.2. The van der Waals surface area contributed by atoms with Gasteiger partial charge in [-0.25, -0.2) is 8.42 Å². The van der Waals surface area contributed by atoms with Crippen LogP contribution < -0.4 is 10.0 Å². The summed E-state index contributed by atoms with van der Waals surface area (Å²) in [4.78, 5) is 12.9. The molecule has 5 nitrogen and oxygen atoms in total. The minimum Gasteiger partial charge on any atom is -0.352 e. The number of hydrogen-bond donors (Lipinski definition) is 2. The molecular weight excluding hydrogens is 388 g/mol. The number of nitrogens with one attached hydrogen (secondary N) is 2. The van der Waals surface area contributed by atoms with Crippen LogP contribution >= 0.6 is 27.3 Å². The van der Waals surface area contributed by atoms with Crippen molar-refractivity contribution in [3.63, 3.8) is 0 Å². The lowest BCUT2D eigenvalue weighted by Crippen LogP contribution is -2.21. The van der Waals surface area contributed by atoms with E-state index in [9.17, 15) is 13.2 Å². The Labute approximate surface area is 141 Å². The van der Waals surface area contributed by atoms with Gasteiger partial charge in [-0.15, -0.1) is 11.3 Å². The second kappa shape index (κ2) is 6.80. The van der Waals surface area contributed by atoms with Crippen LogP contribution in [0, 0.1) is 6.92 Å². The first-order valence-corrected chi connectivity index (χ1v) is 9.59. The Morgan fingerprint density at radius 3 is 2.68 bits per heavy atom. The third-order valence-corrected chi connectivity index (χ3v) is 5.98. The van der Waals surface area contributed by atoms with Gasteiger partial charge in [0, 0.05) is 21.6 Å². The Bertz CT molecular complexity index is 800. The van der Waals surface area contributed by atoms with Crippen molar-refractivity contribution in [2.45, 2.75) is 18.7 Å². The number of carbonyl (C=O) groups is 1. The second-order valence-electron chi connectivity index (χ2n) is 4.51. The predicted octanol–water partition coefficient (Wildman–Crippen LogP) is 3.37. The highest BCUT2D eigenvalue weighted by Gasteiger charge is 2.22. The summed E-state index contributed by atoms with van der Waals surface area (Å²) in [5.74, 6) is -0.264. The third kappa shape index (κ3) is 3.88. The number of hydrogen-bond acceptors (Lipinski definition) is 4. The van der Waals surface area contributed by atoms with Crippen molar-refractivity contribution in [3.8, 4) is 0 Å². The minimum atomic E-state index is -3.73. The van der Waals surface area contributed by atoms with E-state index in [1.54, 1.807) is 31.2 Å². The minimum absolute atomic E-state index is 0.124. The zero-order valence-electron chi connectivity index (χ0n) is 12.0. The summed E-state index contributed by atoms with van der Waals surface area (Å²) < 4.78 is 28.2. The van der Waals surface area contributed by atoms with Crippen LogP contribution in [-0.4, -0.2) is 20.9 Å². The van der Waals surface area contributed by atoms with E-state index in [-0.39, 0.29) is 10.8 Å². The van der Waals surface area contributed by atoms with Crippen molar-refractivity contribution in [2.24, 2.45) is 0 Å². The van der Waals surface area contributed by atoms with Gasteiger partial charge in [0.15, 0.2) is 0 Å². The van der Waals surface area contributed by atoms with Crippen LogP contribution in [0.4, 0.5) is 5.69 Å². The van der Waals surface area contributed by atoms with E-state index in [0.29, 0.717) is 22.0 Å². The van der Waals surface area contributed by atoms with Gasteiger partial charge >= 0.3 is 0 Å². The number of anilines is 1. The van der Waals surface area contributed by atoms with Crippen molar-refractivity contribution >= 4 is 48.9 Å². The average molecular weight is 403 g/mol. The average Bonchev–Trinajstić information content (AvgIpc) is 2.81. The van der Waals surface area contributed by atoms with Gasteiger partial charge in [0.05, 0.1) is 4.88 Å². The quantitative estimate of drug-likeness (QED) is 0.804. The zero-order chi connectivity index (χ0) is 16.3. The van der Waals surface area contributed by atoms with Crippen molar-refractivity contribution in [2.75, 3.05) is 11.3 Å². The van der Waals surface area contributed by atoms with Crippen LogP contribution in [0.3, 0.4) is 0 Å². The molecule has 0 saturated heterocycles. The number of amides is 1. The fourth-order valence-electron chi connectivity index (χ4n) is 1.85. The SMILES string of the molecule is CCNC(=O)c1cc(S(=O)(=O)Nc2cccc(Br)c2)c(C)s1. The smallest absolute Gasteiger partial charge is 0.263 e. The van der Waals surface area contributed by atoms with Gasteiger partial charge in [0.2, 0.25) is 0 Å². The second-order valence-corrected chi connectivity index (χ2v) is 8.33. The van der Waals surface area contributed by atoms with Crippen molar-refractivity contribution in [3.05, 3.63) is 44.6 Å². The molecule has 0 radical (unpaired) electrons. The predicted molar refractivity (Wildman–Crippen MR) is 92.0 cm³/mol. The molecule has 0 aliphatic carbocycles. The van der Waals surface area contributed by atoms with Crippen molar-refractivity contribution in [1.82, 2.24) is 5.32 Å². The molecule has 0 unspecified atom stereocenters. The maximum atomic E-state index is 12.5. The summed E-state index contributed by atoms with van der Waals surface area (Å²) in [5.41, 5.74) is 0.458. The van der Waals surface area contributed by atoms with Crippen molar-refractivity contribution < 1.29 is 13.2 Å². The van der Waals surface area contributed by atoms with Crippen LogP contribution in [0.5, 0.6) is 0 Å². The number of carbonyl (C=O) groups excluding carboxylic acids is 1. The fourth-order valence-corrected chi connectivity index (χ4v) is 4.81. The molecule has 1 aromatic heterocycles. The number of sulfonamides is 1. The summed E-state index contributed by atoms with van der Waals surface area (Å²) in [6.45, 7) is 3.99. The van der Waals surface area contributed by atoms with Gasteiger partial charge in [-0.05, 0) is 38.1 Å². The first kappa shape index (κ1) is 17.0. The van der Waals surface area contributed by atoms with E-state index >= 15 is 0 Å². The Morgan fingerprint density at radius 2 is 2.05 bits per heavy atom. The van der Waals surface area contributed by atoms with Gasteiger partial charge < -0.3 is 5.32 Å². The largest absolute Gasteiger partial charge is 0.352 e. The molecule has 0 spiro atoms. The van der Waals surface area contributed by atoms with Crippen molar-refractivity contribution in [1.29, 1.82) is 0 Å². The molecule has 2 N–H and O–H groups in total. The lowest BCUT2D eigenvalue weighted by atomic mass is 10.3. The van der Waals surface area contributed by atoms with Crippen LogP contribution in [0.1, 0.15) is 21.5 Å². The van der Waals surface area contributed by atoms with Gasteiger partial charge in [0.25, 0.3) is 15.9 Å².